The largest absolute Gasteiger partial charge is 0.399 e. The fourth-order valence-corrected chi connectivity index (χ4v) is 3.01. The molecule has 0 saturated carbocycles. The van der Waals surface area contributed by atoms with Gasteiger partial charge in [0.15, 0.2) is 0 Å². The summed E-state index contributed by atoms with van der Waals surface area (Å²) in [4.78, 5) is 0.282. The van der Waals surface area contributed by atoms with E-state index in [2.05, 4.69) is 4.72 Å². The molecule has 0 spiro atoms. The summed E-state index contributed by atoms with van der Waals surface area (Å²) in [5.74, 6) is 0.0779. The fourth-order valence-electron chi connectivity index (χ4n) is 1.86. The van der Waals surface area contributed by atoms with E-state index in [1.54, 1.807) is 30.3 Å². The second kappa shape index (κ2) is 6.07. The number of rotatable bonds is 5. The molecule has 0 heterocycles. The highest BCUT2D eigenvalue weighted by atomic mass is 32.2. The molecule has 2 aromatic carbocycles. The van der Waals surface area contributed by atoms with Crippen LogP contribution < -0.4 is 10.5 Å². The third kappa shape index (κ3) is 3.59. The van der Waals surface area contributed by atoms with Crippen molar-refractivity contribution >= 4 is 15.7 Å². The van der Waals surface area contributed by atoms with Gasteiger partial charge in [-0.3, -0.25) is 0 Å². The number of nitrogens with two attached hydrogens (primary N) is 1. The number of hydrogen-bond acceptors (Lipinski definition) is 3. The summed E-state index contributed by atoms with van der Waals surface area (Å²) in [5.41, 5.74) is 7.39. The maximum atomic E-state index is 12.1. The summed E-state index contributed by atoms with van der Waals surface area (Å²) < 4.78 is 26.8. The number of nitrogen functional groups attached to an aromatic ring is 1. The van der Waals surface area contributed by atoms with Crippen LogP contribution in [0.15, 0.2) is 59.5 Å². The zero-order chi connectivity index (χ0) is 14.6. The van der Waals surface area contributed by atoms with E-state index in [1.165, 1.54) is 0 Å². The molecule has 2 rings (SSSR count). The van der Waals surface area contributed by atoms with Crippen molar-refractivity contribution in [1.29, 1.82) is 0 Å². The van der Waals surface area contributed by atoms with Crippen molar-refractivity contribution < 1.29 is 8.42 Å². The molecule has 0 radical (unpaired) electrons. The van der Waals surface area contributed by atoms with Crippen LogP contribution in [0.5, 0.6) is 0 Å². The first-order chi connectivity index (χ1) is 9.49. The molecule has 106 valence electrons. The molecule has 1 unspecified atom stereocenters. The van der Waals surface area contributed by atoms with Crippen LogP contribution in [0.3, 0.4) is 0 Å². The maximum Gasteiger partial charge on any atom is 0.240 e. The first-order valence-electron chi connectivity index (χ1n) is 6.39. The molecule has 0 saturated heterocycles. The first kappa shape index (κ1) is 14.6. The Morgan fingerprint density at radius 1 is 1.05 bits per heavy atom. The van der Waals surface area contributed by atoms with E-state index in [1.807, 2.05) is 31.2 Å². The minimum atomic E-state index is -3.45. The Morgan fingerprint density at radius 2 is 1.65 bits per heavy atom. The smallest absolute Gasteiger partial charge is 0.240 e. The minimum absolute atomic E-state index is 0.0779. The Morgan fingerprint density at radius 3 is 2.25 bits per heavy atom. The lowest BCUT2D eigenvalue weighted by Crippen LogP contribution is -2.27. The molecule has 0 fully saturated rings. The van der Waals surface area contributed by atoms with Gasteiger partial charge in [0.1, 0.15) is 0 Å². The van der Waals surface area contributed by atoms with Gasteiger partial charge in [0.25, 0.3) is 0 Å². The third-order valence-corrected chi connectivity index (χ3v) is 4.58. The van der Waals surface area contributed by atoms with Crippen LogP contribution in [-0.4, -0.2) is 15.0 Å². The van der Waals surface area contributed by atoms with Crippen LogP contribution in [0.25, 0.3) is 0 Å². The number of sulfonamides is 1. The quantitative estimate of drug-likeness (QED) is 0.830. The normalized spacial score (nSPS) is 13.1. The molecular formula is C15H18N2O2S. The van der Waals surface area contributed by atoms with E-state index in [0.29, 0.717) is 12.2 Å². The number of hydrogen-bond donors (Lipinski definition) is 2. The molecule has 0 aliphatic carbocycles. The van der Waals surface area contributed by atoms with Crippen molar-refractivity contribution in [2.45, 2.75) is 17.7 Å². The van der Waals surface area contributed by atoms with Gasteiger partial charge in [-0.25, -0.2) is 13.1 Å². The standard InChI is InChI=1S/C15H18N2O2S/c1-12(13-7-9-14(16)10-8-13)11-17-20(18,19)15-5-3-2-4-6-15/h2-10,12,17H,11,16H2,1H3. The van der Waals surface area contributed by atoms with Crippen molar-refractivity contribution in [2.75, 3.05) is 12.3 Å². The van der Waals surface area contributed by atoms with Gasteiger partial charge in [-0.05, 0) is 35.7 Å². The highest BCUT2D eigenvalue weighted by molar-refractivity contribution is 7.89. The van der Waals surface area contributed by atoms with Gasteiger partial charge < -0.3 is 5.73 Å². The lowest BCUT2D eigenvalue weighted by Gasteiger charge is -2.13. The van der Waals surface area contributed by atoms with Gasteiger partial charge >= 0.3 is 0 Å². The van der Waals surface area contributed by atoms with Crippen LogP contribution in [0, 0.1) is 0 Å². The van der Waals surface area contributed by atoms with Crippen LogP contribution in [0.1, 0.15) is 18.4 Å². The van der Waals surface area contributed by atoms with Crippen LogP contribution in [-0.2, 0) is 10.0 Å². The predicted octanol–water partition coefficient (Wildman–Crippen LogP) is 2.35. The average Bonchev–Trinajstić information content (AvgIpc) is 2.46. The van der Waals surface area contributed by atoms with Crippen molar-refractivity contribution in [3.8, 4) is 0 Å². The molecule has 20 heavy (non-hydrogen) atoms. The summed E-state index contributed by atoms with van der Waals surface area (Å²) in [7, 11) is -3.45. The van der Waals surface area contributed by atoms with E-state index in [-0.39, 0.29) is 10.8 Å². The van der Waals surface area contributed by atoms with E-state index in [9.17, 15) is 8.42 Å². The second-order valence-corrected chi connectivity index (χ2v) is 6.50. The fraction of sp³-hybridized carbons (Fsp3) is 0.200. The predicted molar refractivity (Wildman–Crippen MR) is 80.9 cm³/mol. The van der Waals surface area contributed by atoms with Crippen LogP contribution in [0.2, 0.25) is 0 Å². The SMILES string of the molecule is CC(CNS(=O)(=O)c1ccccc1)c1ccc(N)cc1. The lowest BCUT2D eigenvalue weighted by molar-refractivity contribution is 0.575. The Labute approximate surface area is 119 Å². The molecule has 2 aromatic rings. The highest BCUT2D eigenvalue weighted by Gasteiger charge is 2.15. The minimum Gasteiger partial charge on any atom is -0.399 e. The molecule has 0 amide bonds. The Bertz CT molecular complexity index is 652. The van der Waals surface area contributed by atoms with Crippen molar-refractivity contribution in [2.24, 2.45) is 0 Å². The highest BCUT2D eigenvalue weighted by Crippen LogP contribution is 2.17. The van der Waals surface area contributed by atoms with E-state index < -0.39 is 10.0 Å². The van der Waals surface area contributed by atoms with Gasteiger partial charge in [0.2, 0.25) is 10.0 Å². The zero-order valence-electron chi connectivity index (χ0n) is 11.3. The van der Waals surface area contributed by atoms with Crippen molar-refractivity contribution in [1.82, 2.24) is 4.72 Å². The first-order valence-corrected chi connectivity index (χ1v) is 7.87. The molecule has 0 aliphatic heterocycles. The van der Waals surface area contributed by atoms with Crippen molar-refractivity contribution in [3.05, 3.63) is 60.2 Å². The maximum absolute atomic E-state index is 12.1. The number of nitrogens with one attached hydrogen (secondary N) is 1. The second-order valence-electron chi connectivity index (χ2n) is 4.73. The van der Waals surface area contributed by atoms with Crippen LogP contribution in [0.4, 0.5) is 5.69 Å². The molecule has 0 aromatic heterocycles. The molecule has 1 atom stereocenters. The number of benzene rings is 2. The summed E-state index contributed by atoms with van der Waals surface area (Å²) in [6.45, 7) is 2.32. The monoisotopic (exact) mass is 290 g/mol. The summed E-state index contributed by atoms with van der Waals surface area (Å²) in [5, 5.41) is 0. The topological polar surface area (TPSA) is 72.2 Å². The zero-order valence-corrected chi connectivity index (χ0v) is 12.1. The van der Waals surface area contributed by atoms with Gasteiger partial charge in [0.05, 0.1) is 4.90 Å². The Kier molecular flexibility index (Phi) is 4.42. The molecule has 0 bridgehead atoms. The van der Waals surface area contributed by atoms with Gasteiger partial charge in [-0.15, -0.1) is 0 Å². The summed E-state index contributed by atoms with van der Waals surface area (Å²) in [6.07, 6.45) is 0. The molecule has 4 nitrogen and oxygen atoms in total. The van der Waals surface area contributed by atoms with E-state index in [0.717, 1.165) is 5.56 Å². The average molecular weight is 290 g/mol. The Balaban J connectivity index is 2.03. The van der Waals surface area contributed by atoms with Crippen molar-refractivity contribution in [3.63, 3.8) is 0 Å². The Hall–Kier alpha value is -1.85. The molecular weight excluding hydrogens is 272 g/mol. The van der Waals surface area contributed by atoms with E-state index >= 15 is 0 Å². The number of anilines is 1. The molecule has 3 N–H and O–H groups in total. The molecule has 5 heteroatoms. The van der Waals surface area contributed by atoms with Crippen LogP contribution >= 0.6 is 0 Å². The summed E-state index contributed by atoms with van der Waals surface area (Å²) >= 11 is 0. The third-order valence-electron chi connectivity index (χ3n) is 3.14. The van der Waals surface area contributed by atoms with Gasteiger partial charge in [-0.1, -0.05) is 37.3 Å². The molecule has 0 aliphatic rings. The van der Waals surface area contributed by atoms with Gasteiger partial charge in [0, 0.05) is 12.2 Å². The summed E-state index contributed by atoms with van der Waals surface area (Å²) in [6, 6.07) is 15.8. The van der Waals surface area contributed by atoms with Gasteiger partial charge in [-0.2, -0.15) is 0 Å². The van der Waals surface area contributed by atoms with E-state index in [4.69, 9.17) is 5.73 Å². The lowest BCUT2D eigenvalue weighted by atomic mass is 10.0.